The van der Waals surface area contributed by atoms with Gasteiger partial charge in [0, 0.05) is 0 Å². The average Bonchev–Trinajstić information content (AvgIpc) is 2.84. The van der Waals surface area contributed by atoms with E-state index in [1.165, 1.54) is 10.6 Å². The van der Waals surface area contributed by atoms with Crippen molar-refractivity contribution in [2.45, 2.75) is 6.61 Å². The number of ether oxygens (including phenoxy) is 1. The molecule has 4 aromatic carbocycles. The van der Waals surface area contributed by atoms with Gasteiger partial charge in [-0.25, -0.2) is 4.79 Å². The summed E-state index contributed by atoms with van der Waals surface area (Å²) in [6, 6.07) is 38.6. The third-order valence-corrected chi connectivity index (χ3v) is 9.38. The van der Waals surface area contributed by atoms with Crippen LogP contribution in [-0.4, -0.2) is 12.6 Å². The quantitative estimate of drug-likeness (QED) is 0.331. The van der Waals surface area contributed by atoms with Crippen molar-refractivity contribution in [1.29, 1.82) is 0 Å². The second-order valence-electron chi connectivity index (χ2n) is 7.26. The molecule has 0 heterocycles. The maximum atomic E-state index is 13.1. The molecule has 148 valence electrons. The molecular weight excluding hydrogens is 387 g/mol. The highest BCUT2D eigenvalue weighted by Gasteiger charge is 2.43. The van der Waals surface area contributed by atoms with Crippen LogP contribution >= 0.6 is 7.26 Å². The summed E-state index contributed by atoms with van der Waals surface area (Å²) < 4.78 is 5.70. The Morgan fingerprint density at radius 2 is 1.13 bits per heavy atom. The number of hydrogen-bond donors (Lipinski definition) is 0. The van der Waals surface area contributed by atoms with Crippen LogP contribution in [0.25, 0.3) is 0 Å². The molecule has 0 aliphatic carbocycles. The summed E-state index contributed by atoms with van der Waals surface area (Å²) in [6.45, 7) is 2.54. The third kappa shape index (κ3) is 4.06. The van der Waals surface area contributed by atoms with Crippen LogP contribution in [0.2, 0.25) is 0 Å². The van der Waals surface area contributed by atoms with Gasteiger partial charge in [0.1, 0.15) is 35.3 Å². The van der Waals surface area contributed by atoms with Gasteiger partial charge in [0.2, 0.25) is 0 Å². The van der Waals surface area contributed by atoms with Gasteiger partial charge < -0.3 is 4.74 Å². The van der Waals surface area contributed by atoms with Crippen LogP contribution in [0.3, 0.4) is 0 Å². The van der Waals surface area contributed by atoms with E-state index in [2.05, 4.69) is 61.3 Å². The number of carbonyl (C=O) groups excluding carboxylic acids is 1. The van der Waals surface area contributed by atoms with Crippen LogP contribution in [0.15, 0.2) is 115 Å². The van der Waals surface area contributed by atoms with Crippen LogP contribution in [0, 0.1) is 0 Å². The summed E-state index contributed by atoms with van der Waals surface area (Å²) in [5, 5.41) is 3.51. The number of hydrogen-bond acceptors (Lipinski definition) is 2. The van der Waals surface area contributed by atoms with Crippen molar-refractivity contribution >= 4 is 29.1 Å². The molecule has 0 spiro atoms. The van der Waals surface area contributed by atoms with Crippen molar-refractivity contribution in [1.82, 2.24) is 0 Å². The fourth-order valence-corrected chi connectivity index (χ4v) is 7.14. The highest BCUT2D eigenvalue weighted by Crippen LogP contribution is 2.52. The summed E-state index contributed by atoms with van der Waals surface area (Å²) in [5.41, 5.74) is 1.61. The molecule has 0 bridgehead atoms. The molecule has 30 heavy (non-hydrogen) atoms. The van der Waals surface area contributed by atoms with Crippen LogP contribution in [0.1, 0.15) is 15.9 Å². The van der Waals surface area contributed by atoms with E-state index >= 15 is 0 Å². The summed E-state index contributed by atoms with van der Waals surface area (Å²) in [5.74, 6) is -0.285. The van der Waals surface area contributed by atoms with Crippen molar-refractivity contribution in [3.8, 4) is 0 Å². The lowest BCUT2D eigenvalue weighted by atomic mass is 10.2. The predicted octanol–water partition coefficient (Wildman–Crippen LogP) is 4.97. The maximum absolute atomic E-state index is 13.1. The minimum absolute atomic E-state index is 0.264. The van der Waals surface area contributed by atoms with Crippen LogP contribution in [0.4, 0.5) is 0 Å². The van der Waals surface area contributed by atoms with E-state index in [1.807, 2.05) is 60.7 Å². The Hall–Kier alpha value is -3.22. The zero-order valence-electron chi connectivity index (χ0n) is 16.9. The molecule has 0 amide bonds. The van der Waals surface area contributed by atoms with Crippen LogP contribution < -0.4 is 15.9 Å². The van der Waals surface area contributed by atoms with Crippen molar-refractivity contribution in [3.63, 3.8) is 0 Å². The molecule has 0 aliphatic rings. The van der Waals surface area contributed by atoms with Crippen LogP contribution in [0.5, 0.6) is 0 Å². The van der Waals surface area contributed by atoms with E-state index in [1.54, 1.807) is 0 Å². The first kappa shape index (κ1) is 20.1. The molecule has 2 nitrogen and oxygen atoms in total. The molecule has 0 unspecified atom stereocenters. The van der Waals surface area contributed by atoms with E-state index in [9.17, 15) is 4.79 Å². The first-order chi connectivity index (χ1) is 14.7. The molecule has 0 aromatic heterocycles. The molecule has 4 aromatic rings. The maximum Gasteiger partial charge on any atom is 0.342 e. The minimum atomic E-state index is -2.01. The first-order valence-electron chi connectivity index (χ1n) is 9.98. The Balaban J connectivity index is 1.77. The van der Waals surface area contributed by atoms with E-state index in [0.717, 1.165) is 10.9 Å². The topological polar surface area (TPSA) is 26.3 Å². The zero-order valence-corrected chi connectivity index (χ0v) is 17.8. The second kappa shape index (κ2) is 9.07. The minimum Gasteiger partial charge on any atom is -0.457 e. The molecule has 0 N–H and O–H groups in total. The first-order valence-corrected chi connectivity index (χ1v) is 12.2. The lowest BCUT2D eigenvalue weighted by molar-refractivity contribution is 0.0474. The Morgan fingerprint density at radius 3 is 1.70 bits per heavy atom. The fourth-order valence-electron chi connectivity index (χ4n) is 3.72. The zero-order chi connectivity index (χ0) is 20.8. The Kier molecular flexibility index (Phi) is 6.07. The van der Waals surface area contributed by atoms with E-state index in [-0.39, 0.29) is 12.6 Å². The Bertz CT molecular complexity index is 1070. The molecule has 0 radical (unpaired) electrons. The number of carbonyl (C=O) groups is 1. The molecule has 0 fully saturated rings. The molecule has 0 atom stereocenters. The largest absolute Gasteiger partial charge is 0.457 e. The van der Waals surface area contributed by atoms with Gasteiger partial charge in [0.05, 0.1) is 6.66 Å². The van der Waals surface area contributed by atoms with Crippen molar-refractivity contribution < 1.29 is 9.53 Å². The van der Waals surface area contributed by atoms with Gasteiger partial charge in [-0.3, -0.25) is 0 Å². The number of rotatable bonds is 6. The van der Waals surface area contributed by atoms with Gasteiger partial charge >= 0.3 is 5.97 Å². The molecular formula is C27H24O2P+. The van der Waals surface area contributed by atoms with Gasteiger partial charge in [-0.15, -0.1) is 0 Å². The van der Waals surface area contributed by atoms with Crippen molar-refractivity contribution in [2.24, 2.45) is 0 Å². The highest BCUT2D eigenvalue weighted by molar-refractivity contribution is 7.95. The Labute approximate surface area is 178 Å². The van der Waals surface area contributed by atoms with Gasteiger partial charge in [-0.2, -0.15) is 0 Å². The van der Waals surface area contributed by atoms with E-state index in [4.69, 9.17) is 4.74 Å². The molecule has 0 aliphatic heterocycles. The second-order valence-corrected chi connectivity index (χ2v) is 10.8. The Morgan fingerprint density at radius 1 is 0.667 bits per heavy atom. The molecule has 0 saturated heterocycles. The van der Waals surface area contributed by atoms with E-state index in [0.29, 0.717) is 5.56 Å². The molecule has 3 heteroatoms. The summed E-state index contributed by atoms with van der Waals surface area (Å²) in [4.78, 5) is 13.1. The molecule has 4 rings (SSSR count). The predicted molar refractivity (Wildman–Crippen MR) is 127 cm³/mol. The van der Waals surface area contributed by atoms with Gasteiger partial charge in [-0.05, 0) is 42.0 Å². The lowest BCUT2D eigenvalue weighted by Gasteiger charge is -2.24. The van der Waals surface area contributed by atoms with Crippen LogP contribution in [-0.2, 0) is 11.3 Å². The average molecular weight is 411 g/mol. The fraction of sp³-hybridized carbons (Fsp3) is 0.0741. The number of esters is 1. The highest BCUT2D eigenvalue weighted by atomic mass is 31.2. The summed E-state index contributed by atoms with van der Waals surface area (Å²) in [6.07, 6.45) is 0. The standard InChI is InChI=1S/C27H24O2P/c1-30(23-15-7-3-8-16-23,24-17-9-4-10-18-24)26-20-12-11-19-25(26)27(28)29-21-22-13-5-2-6-14-22/h2-20H,21H2,1H3/q+1. The van der Waals surface area contributed by atoms with Crippen molar-refractivity contribution in [3.05, 3.63) is 126 Å². The molecule has 0 saturated carbocycles. The summed E-state index contributed by atoms with van der Waals surface area (Å²) >= 11 is 0. The smallest absolute Gasteiger partial charge is 0.342 e. The summed E-state index contributed by atoms with van der Waals surface area (Å²) in [7, 11) is -2.01. The normalized spacial score (nSPS) is 11.1. The van der Waals surface area contributed by atoms with Gasteiger partial charge in [0.25, 0.3) is 0 Å². The SMILES string of the molecule is C[P+](c1ccccc1)(c1ccccc1)c1ccccc1C(=O)OCc1ccccc1. The van der Waals surface area contributed by atoms with Crippen molar-refractivity contribution in [2.75, 3.05) is 6.66 Å². The third-order valence-electron chi connectivity index (χ3n) is 5.36. The van der Waals surface area contributed by atoms with E-state index < -0.39 is 7.26 Å². The van der Waals surface area contributed by atoms with Gasteiger partial charge in [-0.1, -0.05) is 78.9 Å². The number of benzene rings is 4. The van der Waals surface area contributed by atoms with Gasteiger partial charge in [0.15, 0.2) is 0 Å². The lowest BCUT2D eigenvalue weighted by Crippen LogP contribution is -2.33. The monoisotopic (exact) mass is 411 g/mol.